The number of methoxy groups -OCH3 is 1. The van der Waals surface area contributed by atoms with Crippen molar-refractivity contribution in [3.05, 3.63) is 53.1 Å². The Balaban J connectivity index is 0.00000261. The monoisotopic (exact) mass is 398 g/mol. The number of nitrogens with two attached hydrogens (primary N) is 1. The van der Waals surface area contributed by atoms with E-state index in [2.05, 4.69) is 10.1 Å². The number of benzene rings is 2. The van der Waals surface area contributed by atoms with Crippen LogP contribution in [0.25, 0.3) is 0 Å². The molecule has 3 rings (SSSR count). The van der Waals surface area contributed by atoms with E-state index in [0.29, 0.717) is 5.69 Å². The summed E-state index contributed by atoms with van der Waals surface area (Å²) in [7, 11) is 1.35. The molecule has 1 amide bonds. The molecule has 0 fully saturated rings. The number of ether oxygens (including phenoxy) is 2. The topological polar surface area (TPSA) is 73.6 Å². The second kappa shape index (κ2) is 8.90. The minimum absolute atomic E-state index is 0. The predicted octanol–water partition coefficient (Wildman–Crippen LogP) is 4.11. The highest BCUT2D eigenvalue weighted by Gasteiger charge is 2.23. The van der Waals surface area contributed by atoms with Gasteiger partial charge in [-0.1, -0.05) is 6.07 Å². The molecule has 1 aliphatic carbocycles. The summed E-state index contributed by atoms with van der Waals surface area (Å²) in [5, 5.41) is 2.97. The van der Waals surface area contributed by atoms with Crippen molar-refractivity contribution in [3.8, 4) is 11.5 Å². The summed E-state index contributed by atoms with van der Waals surface area (Å²) >= 11 is 0. The van der Waals surface area contributed by atoms with E-state index in [1.807, 2.05) is 18.2 Å². The first-order valence-electron chi connectivity index (χ1n) is 8.30. The molecule has 0 saturated carbocycles. The lowest BCUT2D eigenvalue weighted by Crippen LogP contribution is -2.31. The van der Waals surface area contributed by atoms with Gasteiger partial charge in [0, 0.05) is 11.3 Å². The van der Waals surface area contributed by atoms with E-state index < -0.39 is 6.61 Å². The molecule has 27 heavy (non-hydrogen) atoms. The zero-order valence-electron chi connectivity index (χ0n) is 14.7. The van der Waals surface area contributed by atoms with Gasteiger partial charge in [0.1, 0.15) is 0 Å². The Morgan fingerprint density at radius 2 is 2.00 bits per heavy atom. The highest BCUT2D eigenvalue weighted by molar-refractivity contribution is 5.95. The van der Waals surface area contributed by atoms with E-state index in [-0.39, 0.29) is 41.4 Å². The van der Waals surface area contributed by atoms with Crippen LogP contribution in [0.4, 0.5) is 14.5 Å². The van der Waals surface area contributed by atoms with Crippen molar-refractivity contribution in [3.63, 3.8) is 0 Å². The molecular weight excluding hydrogens is 378 g/mol. The third kappa shape index (κ3) is 4.80. The molecule has 2 aromatic carbocycles. The Morgan fingerprint density at radius 1 is 1.22 bits per heavy atom. The standard InChI is InChI=1S/C19H20F2N2O3.ClH/c1-25-16-8-5-12(10-17(16)26-19(20)21)18(24)23-15-4-2-3-11-9-13(22)6-7-14(11)15;/h5-10,15,19H,2-4,22H2,1H3,(H,23,24);1H. The van der Waals surface area contributed by atoms with E-state index in [9.17, 15) is 13.6 Å². The maximum atomic E-state index is 12.6. The van der Waals surface area contributed by atoms with Gasteiger partial charge >= 0.3 is 6.61 Å². The van der Waals surface area contributed by atoms with Gasteiger partial charge in [0.25, 0.3) is 5.91 Å². The zero-order chi connectivity index (χ0) is 18.7. The molecule has 0 radical (unpaired) electrons. The van der Waals surface area contributed by atoms with Gasteiger partial charge in [-0.25, -0.2) is 0 Å². The number of amides is 1. The first kappa shape index (κ1) is 20.8. The molecule has 0 saturated heterocycles. The average Bonchev–Trinajstić information content (AvgIpc) is 2.61. The first-order valence-corrected chi connectivity index (χ1v) is 8.30. The summed E-state index contributed by atoms with van der Waals surface area (Å²) in [6, 6.07) is 9.72. The van der Waals surface area contributed by atoms with Crippen molar-refractivity contribution in [2.24, 2.45) is 0 Å². The molecular formula is C19H21ClF2N2O3. The molecule has 146 valence electrons. The number of rotatable bonds is 5. The van der Waals surface area contributed by atoms with E-state index in [1.165, 1.54) is 25.3 Å². The predicted molar refractivity (Wildman–Crippen MR) is 101 cm³/mol. The van der Waals surface area contributed by atoms with Gasteiger partial charge in [-0.05, 0) is 60.7 Å². The molecule has 0 aliphatic heterocycles. The van der Waals surface area contributed by atoms with Gasteiger partial charge in [0.15, 0.2) is 11.5 Å². The minimum atomic E-state index is -3.00. The number of hydrogen-bond acceptors (Lipinski definition) is 4. The lowest BCUT2D eigenvalue weighted by Gasteiger charge is -2.26. The second-order valence-corrected chi connectivity index (χ2v) is 6.12. The van der Waals surface area contributed by atoms with Crippen LogP contribution in [0, 0.1) is 0 Å². The van der Waals surface area contributed by atoms with Crippen molar-refractivity contribution in [2.45, 2.75) is 31.9 Å². The lowest BCUT2D eigenvalue weighted by molar-refractivity contribution is -0.0512. The third-order valence-electron chi connectivity index (χ3n) is 4.43. The number of carbonyl (C=O) groups excluding carboxylic acids is 1. The summed E-state index contributed by atoms with van der Waals surface area (Å²) in [6.45, 7) is -3.00. The van der Waals surface area contributed by atoms with Gasteiger partial charge in [-0.3, -0.25) is 4.79 Å². The van der Waals surface area contributed by atoms with Crippen molar-refractivity contribution in [1.82, 2.24) is 5.32 Å². The molecule has 0 bridgehead atoms. The molecule has 2 aromatic rings. The Labute approximate surface area is 162 Å². The number of nitrogens with one attached hydrogen (secondary N) is 1. The number of anilines is 1. The smallest absolute Gasteiger partial charge is 0.387 e. The SMILES string of the molecule is COc1ccc(C(=O)NC2CCCc3cc(N)ccc32)cc1OC(F)F.Cl. The van der Waals surface area contributed by atoms with Gasteiger partial charge in [-0.2, -0.15) is 8.78 Å². The first-order chi connectivity index (χ1) is 12.5. The Bertz CT molecular complexity index is 818. The normalized spacial score (nSPS) is 15.5. The Kier molecular flexibility index (Phi) is 6.85. The van der Waals surface area contributed by atoms with Gasteiger partial charge in [0.05, 0.1) is 13.2 Å². The molecule has 0 spiro atoms. The maximum absolute atomic E-state index is 12.6. The fraction of sp³-hybridized carbons (Fsp3) is 0.316. The number of carbonyl (C=O) groups is 1. The Hall–Kier alpha value is -2.54. The number of alkyl halides is 2. The van der Waals surface area contributed by atoms with Crippen LogP contribution in [-0.2, 0) is 6.42 Å². The lowest BCUT2D eigenvalue weighted by atomic mass is 9.87. The molecule has 0 heterocycles. The maximum Gasteiger partial charge on any atom is 0.387 e. The molecule has 1 atom stereocenters. The fourth-order valence-electron chi connectivity index (χ4n) is 3.23. The Morgan fingerprint density at radius 3 is 2.70 bits per heavy atom. The third-order valence-corrected chi connectivity index (χ3v) is 4.43. The van der Waals surface area contributed by atoms with Gasteiger partial charge < -0.3 is 20.5 Å². The summed E-state index contributed by atoms with van der Waals surface area (Å²) < 4.78 is 34.5. The summed E-state index contributed by atoms with van der Waals surface area (Å²) in [5.41, 5.74) is 8.91. The van der Waals surface area contributed by atoms with Crippen molar-refractivity contribution < 1.29 is 23.0 Å². The van der Waals surface area contributed by atoms with Crippen LogP contribution in [-0.4, -0.2) is 19.6 Å². The van der Waals surface area contributed by atoms with E-state index in [4.69, 9.17) is 10.5 Å². The van der Waals surface area contributed by atoms with E-state index in [1.54, 1.807) is 0 Å². The van der Waals surface area contributed by atoms with Crippen molar-refractivity contribution >= 4 is 24.0 Å². The zero-order valence-corrected chi connectivity index (χ0v) is 15.5. The quantitative estimate of drug-likeness (QED) is 0.743. The number of halogens is 3. The summed E-state index contributed by atoms with van der Waals surface area (Å²) in [4.78, 5) is 12.6. The number of aryl methyl sites for hydroxylation is 1. The summed E-state index contributed by atoms with van der Waals surface area (Å²) in [6.07, 6.45) is 2.66. The van der Waals surface area contributed by atoms with Crippen LogP contribution in [0.2, 0.25) is 0 Å². The van der Waals surface area contributed by atoms with Crippen LogP contribution < -0.4 is 20.5 Å². The van der Waals surface area contributed by atoms with Gasteiger partial charge in [-0.15, -0.1) is 12.4 Å². The van der Waals surface area contributed by atoms with Crippen LogP contribution in [0.1, 0.15) is 40.4 Å². The molecule has 0 aromatic heterocycles. The number of hydrogen-bond donors (Lipinski definition) is 2. The summed E-state index contributed by atoms with van der Waals surface area (Å²) in [5.74, 6) is -0.395. The minimum Gasteiger partial charge on any atom is -0.493 e. The van der Waals surface area contributed by atoms with E-state index in [0.717, 1.165) is 30.4 Å². The van der Waals surface area contributed by atoms with Crippen molar-refractivity contribution in [2.75, 3.05) is 12.8 Å². The second-order valence-electron chi connectivity index (χ2n) is 6.12. The molecule has 8 heteroatoms. The molecule has 1 unspecified atom stereocenters. The van der Waals surface area contributed by atoms with Crippen LogP contribution >= 0.6 is 12.4 Å². The highest BCUT2D eigenvalue weighted by Crippen LogP contribution is 2.32. The fourth-order valence-corrected chi connectivity index (χ4v) is 3.23. The molecule has 5 nitrogen and oxygen atoms in total. The van der Waals surface area contributed by atoms with Crippen LogP contribution in [0.5, 0.6) is 11.5 Å². The average molecular weight is 399 g/mol. The van der Waals surface area contributed by atoms with Crippen molar-refractivity contribution in [1.29, 1.82) is 0 Å². The van der Waals surface area contributed by atoms with E-state index >= 15 is 0 Å². The van der Waals surface area contributed by atoms with Gasteiger partial charge in [0.2, 0.25) is 0 Å². The molecule has 1 aliphatic rings. The number of nitrogen functional groups attached to an aromatic ring is 1. The van der Waals surface area contributed by atoms with Crippen LogP contribution in [0.3, 0.4) is 0 Å². The highest BCUT2D eigenvalue weighted by atomic mass is 35.5. The number of fused-ring (bicyclic) bond motifs is 1. The molecule has 3 N–H and O–H groups in total. The largest absolute Gasteiger partial charge is 0.493 e. The van der Waals surface area contributed by atoms with Crippen LogP contribution in [0.15, 0.2) is 36.4 Å².